The summed E-state index contributed by atoms with van der Waals surface area (Å²) in [6.07, 6.45) is 2.74. The number of halogens is 2. The number of pyridine rings is 2. The fourth-order valence-corrected chi connectivity index (χ4v) is 4.40. The second-order valence-corrected chi connectivity index (χ2v) is 8.13. The number of hydrogen-bond acceptors (Lipinski definition) is 4. The number of aromatic nitrogens is 2. The average molecular weight is 434 g/mol. The first-order chi connectivity index (χ1) is 15.4. The zero-order chi connectivity index (χ0) is 22.4. The van der Waals surface area contributed by atoms with Crippen LogP contribution in [0.5, 0.6) is 0 Å². The highest BCUT2D eigenvalue weighted by Crippen LogP contribution is 2.31. The number of hydrogen-bond donors (Lipinski definition) is 1. The number of nitrogens with one attached hydrogen (secondary N) is 1. The maximum absolute atomic E-state index is 14.4. The van der Waals surface area contributed by atoms with E-state index >= 15 is 0 Å². The monoisotopic (exact) mass is 434 g/mol. The highest BCUT2D eigenvalue weighted by molar-refractivity contribution is 5.99. The van der Waals surface area contributed by atoms with E-state index in [9.17, 15) is 18.4 Å². The van der Waals surface area contributed by atoms with Crippen LogP contribution in [0.1, 0.15) is 45.2 Å². The van der Waals surface area contributed by atoms with Gasteiger partial charge in [-0.3, -0.25) is 14.6 Å². The van der Waals surface area contributed by atoms with Crippen molar-refractivity contribution in [1.82, 2.24) is 20.2 Å². The minimum atomic E-state index is -0.714. The summed E-state index contributed by atoms with van der Waals surface area (Å²) in [5.41, 5.74) is 2.94. The van der Waals surface area contributed by atoms with Crippen molar-refractivity contribution < 1.29 is 18.4 Å². The molecule has 2 aliphatic heterocycles. The molecule has 2 aromatic heterocycles. The molecule has 3 aromatic rings. The Morgan fingerprint density at radius 1 is 1.12 bits per heavy atom. The van der Waals surface area contributed by atoms with Gasteiger partial charge >= 0.3 is 0 Å². The quantitative estimate of drug-likeness (QED) is 0.684. The van der Waals surface area contributed by atoms with Gasteiger partial charge in [0.2, 0.25) is 5.91 Å². The molecule has 1 saturated heterocycles. The van der Waals surface area contributed by atoms with Gasteiger partial charge in [0.1, 0.15) is 11.6 Å². The molecule has 1 atom stereocenters. The zero-order valence-electron chi connectivity index (χ0n) is 17.4. The molecule has 6 nitrogen and oxygen atoms in total. The third-order valence-electron chi connectivity index (χ3n) is 6.09. The molecule has 0 saturated carbocycles. The van der Waals surface area contributed by atoms with E-state index in [1.807, 2.05) is 12.1 Å². The van der Waals surface area contributed by atoms with Crippen LogP contribution in [0.3, 0.4) is 0 Å². The third-order valence-corrected chi connectivity index (χ3v) is 6.09. The fourth-order valence-electron chi connectivity index (χ4n) is 4.40. The molecular weight excluding hydrogens is 414 g/mol. The fraction of sp³-hybridized carbons (Fsp3) is 0.250. The molecule has 0 bridgehead atoms. The van der Waals surface area contributed by atoms with E-state index in [1.165, 1.54) is 18.2 Å². The molecular formula is C24H20F2N4O2. The van der Waals surface area contributed by atoms with Gasteiger partial charge in [0.05, 0.1) is 35.0 Å². The Labute approximate surface area is 183 Å². The summed E-state index contributed by atoms with van der Waals surface area (Å²) < 4.78 is 28.7. The van der Waals surface area contributed by atoms with E-state index in [2.05, 4.69) is 15.3 Å². The smallest absolute Gasteiger partial charge is 0.253 e. The molecule has 1 N–H and O–H groups in total. The van der Waals surface area contributed by atoms with E-state index in [4.69, 9.17) is 0 Å². The van der Waals surface area contributed by atoms with Crippen LogP contribution in [0.15, 0.2) is 42.6 Å². The van der Waals surface area contributed by atoms with Crippen molar-refractivity contribution in [3.63, 3.8) is 0 Å². The van der Waals surface area contributed by atoms with E-state index in [-0.39, 0.29) is 35.5 Å². The lowest BCUT2D eigenvalue weighted by atomic mass is 9.97. The van der Waals surface area contributed by atoms with Gasteiger partial charge in [0, 0.05) is 31.9 Å². The number of fused-ring (bicyclic) bond motifs is 1. The molecule has 0 aliphatic carbocycles. The first-order valence-corrected chi connectivity index (χ1v) is 10.4. The minimum absolute atomic E-state index is 0.0831. The number of rotatable bonds is 4. The van der Waals surface area contributed by atoms with Crippen LogP contribution in [0, 0.1) is 11.6 Å². The largest absolute Gasteiger partial charge is 0.346 e. The Morgan fingerprint density at radius 3 is 2.56 bits per heavy atom. The Bertz CT molecular complexity index is 1220. The van der Waals surface area contributed by atoms with Crippen LogP contribution >= 0.6 is 0 Å². The zero-order valence-corrected chi connectivity index (χ0v) is 17.4. The highest BCUT2D eigenvalue weighted by Gasteiger charge is 2.31. The van der Waals surface area contributed by atoms with Crippen LogP contribution in [0.4, 0.5) is 8.78 Å². The SMILES string of the molecule is CN1CC[C@H](c2ccc(Cc3cc(-c4c(F)cccc4F)nc4c3C(=O)NC4)nc2)C1=O. The molecule has 5 rings (SSSR count). The predicted molar refractivity (Wildman–Crippen MR) is 113 cm³/mol. The van der Waals surface area contributed by atoms with Crippen molar-refractivity contribution in [1.29, 1.82) is 0 Å². The summed E-state index contributed by atoms with van der Waals surface area (Å²) in [7, 11) is 1.79. The molecule has 8 heteroatoms. The summed E-state index contributed by atoms with van der Waals surface area (Å²) >= 11 is 0. The van der Waals surface area contributed by atoms with Gasteiger partial charge in [-0.2, -0.15) is 0 Å². The molecule has 32 heavy (non-hydrogen) atoms. The van der Waals surface area contributed by atoms with E-state index in [0.717, 1.165) is 18.5 Å². The van der Waals surface area contributed by atoms with Crippen molar-refractivity contribution in [2.75, 3.05) is 13.6 Å². The Morgan fingerprint density at radius 2 is 1.91 bits per heavy atom. The van der Waals surface area contributed by atoms with E-state index < -0.39 is 11.6 Å². The summed E-state index contributed by atoms with van der Waals surface area (Å²) in [6, 6.07) is 8.91. The first kappa shape index (κ1) is 20.2. The van der Waals surface area contributed by atoms with Crippen molar-refractivity contribution in [2.45, 2.75) is 25.3 Å². The van der Waals surface area contributed by atoms with Crippen LogP contribution in [0.25, 0.3) is 11.3 Å². The standard InChI is InChI=1S/C24H20F2N4O2/c1-30-8-7-16(24(30)32)13-5-6-15(27-11-13)9-14-10-19(22-17(25)3-2-4-18(22)26)29-20-12-28-23(31)21(14)20/h2-6,10-11,16H,7-9,12H2,1H3,(H,28,31)/t16-/m1/s1. The molecule has 2 aliphatic rings. The molecule has 4 heterocycles. The number of likely N-dealkylation sites (tertiary alicyclic amines) is 1. The van der Waals surface area contributed by atoms with Crippen molar-refractivity contribution in [3.05, 3.63) is 82.3 Å². The van der Waals surface area contributed by atoms with Gasteiger partial charge < -0.3 is 10.2 Å². The van der Waals surface area contributed by atoms with E-state index in [0.29, 0.717) is 28.9 Å². The average Bonchev–Trinajstić information content (AvgIpc) is 3.31. The van der Waals surface area contributed by atoms with Crippen LogP contribution in [-0.4, -0.2) is 40.3 Å². The molecule has 0 spiro atoms. The molecule has 162 valence electrons. The third kappa shape index (κ3) is 3.41. The molecule has 2 amide bonds. The number of carbonyl (C=O) groups is 2. The lowest BCUT2D eigenvalue weighted by molar-refractivity contribution is -0.127. The summed E-state index contributed by atoms with van der Waals surface area (Å²) in [6.45, 7) is 0.924. The summed E-state index contributed by atoms with van der Waals surface area (Å²) in [5, 5.41) is 2.72. The molecule has 0 unspecified atom stereocenters. The van der Waals surface area contributed by atoms with Gasteiger partial charge in [-0.1, -0.05) is 12.1 Å². The maximum atomic E-state index is 14.4. The maximum Gasteiger partial charge on any atom is 0.253 e. The Hall–Kier alpha value is -3.68. The second-order valence-electron chi connectivity index (χ2n) is 8.13. The Kier molecular flexibility index (Phi) is 4.92. The van der Waals surface area contributed by atoms with Crippen molar-refractivity contribution in [2.24, 2.45) is 0 Å². The number of nitrogens with zero attached hydrogens (tertiary/aromatic N) is 3. The Balaban J connectivity index is 1.50. The summed E-state index contributed by atoms with van der Waals surface area (Å²) in [5.74, 6) is -1.80. The van der Waals surface area contributed by atoms with Gasteiger partial charge in [-0.05, 0) is 41.8 Å². The molecule has 1 fully saturated rings. The van der Waals surface area contributed by atoms with Gasteiger partial charge in [-0.15, -0.1) is 0 Å². The molecule has 1 aromatic carbocycles. The number of amides is 2. The second kappa shape index (κ2) is 7.78. The van der Waals surface area contributed by atoms with E-state index in [1.54, 1.807) is 24.2 Å². The number of carbonyl (C=O) groups excluding carboxylic acids is 2. The molecule has 0 radical (unpaired) electrons. The normalized spacial score (nSPS) is 17.6. The van der Waals surface area contributed by atoms with Crippen molar-refractivity contribution in [3.8, 4) is 11.3 Å². The predicted octanol–water partition coefficient (Wildman–Crippen LogP) is 3.20. The number of likely N-dealkylation sites (N-methyl/N-ethyl adjacent to an activating group) is 1. The lowest BCUT2D eigenvalue weighted by Gasteiger charge is -2.12. The first-order valence-electron chi connectivity index (χ1n) is 10.4. The van der Waals surface area contributed by atoms with Crippen LogP contribution in [0.2, 0.25) is 0 Å². The van der Waals surface area contributed by atoms with Crippen LogP contribution < -0.4 is 5.32 Å². The lowest BCUT2D eigenvalue weighted by Crippen LogP contribution is -2.21. The van der Waals surface area contributed by atoms with Gasteiger partial charge in [-0.25, -0.2) is 13.8 Å². The van der Waals surface area contributed by atoms with Crippen LogP contribution in [-0.2, 0) is 17.8 Å². The summed E-state index contributed by atoms with van der Waals surface area (Å²) in [4.78, 5) is 35.2. The van der Waals surface area contributed by atoms with Crippen molar-refractivity contribution >= 4 is 11.8 Å². The number of benzene rings is 1. The minimum Gasteiger partial charge on any atom is -0.346 e. The highest BCUT2D eigenvalue weighted by atomic mass is 19.1. The topological polar surface area (TPSA) is 75.2 Å². The van der Waals surface area contributed by atoms with Gasteiger partial charge in [0.15, 0.2) is 0 Å². The van der Waals surface area contributed by atoms with Gasteiger partial charge in [0.25, 0.3) is 5.91 Å².